The van der Waals surface area contributed by atoms with Gasteiger partial charge in [0.15, 0.2) is 6.10 Å². The summed E-state index contributed by atoms with van der Waals surface area (Å²) < 4.78 is 13.5. The van der Waals surface area contributed by atoms with Crippen molar-refractivity contribution in [2.45, 2.75) is 123 Å². The maximum Gasteiger partial charge on any atom is 0.303 e. The highest BCUT2D eigenvalue weighted by Gasteiger charge is 2.67. The molecular formula is C34H55N2O4+. The molecule has 0 amide bonds. The summed E-state index contributed by atoms with van der Waals surface area (Å²) in [6, 6.07) is 0.747. The van der Waals surface area contributed by atoms with Crippen molar-refractivity contribution in [3.8, 4) is 0 Å². The van der Waals surface area contributed by atoms with Gasteiger partial charge in [0.2, 0.25) is 0 Å². The molecule has 2 aliphatic heterocycles. The first-order chi connectivity index (χ1) is 19.1. The van der Waals surface area contributed by atoms with Gasteiger partial charge in [-0.1, -0.05) is 20.4 Å². The molecule has 6 rings (SSSR count). The van der Waals surface area contributed by atoms with Crippen molar-refractivity contribution in [1.82, 2.24) is 4.90 Å². The lowest BCUT2D eigenvalue weighted by Crippen LogP contribution is -2.61. The third-order valence-electron chi connectivity index (χ3n) is 13.5. The van der Waals surface area contributed by atoms with Crippen LogP contribution in [0.2, 0.25) is 0 Å². The van der Waals surface area contributed by atoms with Gasteiger partial charge in [0.25, 0.3) is 0 Å². The maximum absolute atomic E-state index is 12.5. The zero-order chi connectivity index (χ0) is 28.3. The standard InChI is InChI=1S/C34H55N2O4/c1-6-17-36(18-9-10-19-36)30-21-28-26-12-11-25-20-31(39-23(2)37)29(35-15-7-8-16-35)22-34(25,5)27(26)13-14-33(28,4)32(30)40-24(3)38/h6,25-32H,1,7-22H2,2-5H3/q+1/t25?,26?,27?,28?,29-,30-,31-,32-,33-,34-/m0/s1. The van der Waals surface area contributed by atoms with E-state index in [0.29, 0.717) is 35.8 Å². The lowest BCUT2D eigenvalue weighted by molar-refractivity contribution is -0.937. The number of carbonyl (C=O) groups excluding carboxylic acids is 2. The average Bonchev–Trinajstić information content (AvgIpc) is 3.64. The Labute approximate surface area is 242 Å². The maximum atomic E-state index is 12.5. The second-order valence-electron chi connectivity index (χ2n) is 15.3. The van der Waals surface area contributed by atoms with Gasteiger partial charge in [0.05, 0.1) is 19.6 Å². The molecule has 10 atom stereocenters. The number of hydrogen-bond acceptors (Lipinski definition) is 5. The van der Waals surface area contributed by atoms with Gasteiger partial charge in [-0.05, 0) is 99.6 Å². The molecule has 6 aliphatic rings. The molecule has 2 heterocycles. The van der Waals surface area contributed by atoms with E-state index in [-0.39, 0.29) is 35.0 Å². The molecular weight excluding hydrogens is 500 g/mol. The third-order valence-corrected chi connectivity index (χ3v) is 13.5. The van der Waals surface area contributed by atoms with Crippen LogP contribution in [-0.4, -0.2) is 78.3 Å². The lowest BCUT2D eigenvalue weighted by Gasteiger charge is -2.62. The van der Waals surface area contributed by atoms with Crippen LogP contribution in [0.3, 0.4) is 0 Å². The highest BCUT2D eigenvalue weighted by molar-refractivity contribution is 5.66. The van der Waals surface area contributed by atoms with E-state index >= 15 is 0 Å². The second kappa shape index (κ2) is 10.7. The topological polar surface area (TPSA) is 55.8 Å². The van der Waals surface area contributed by atoms with E-state index in [4.69, 9.17) is 9.47 Å². The number of quaternary nitrogens is 1. The molecule has 2 saturated heterocycles. The van der Waals surface area contributed by atoms with Crippen LogP contribution < -0.4 is 0 Å². The highest BCUT2D eigenvalue weighted by Crippen LogP contribution is 2.68. The Bertz CT molecular complexity index is 986. The number of ether oxygens (including phenoxy) is 2. The van der Waals surface area contributed by atoms with Gasteiger partial charge in [0, 0.05) is 44.6 Å². The molecule has 4 saturated carbocycles. The highest BCUT2D eigenvalue weighted by atomic mass is 16.5. The molecule has 0 bridgehead atoms. The van der Waals surface area contributed by atoms with Gasteiger partial charge >= 0.3 is 11.9 Å². The minimum atomic E-state index is -0.119. The summed E-state index contributed by atoms with van der Waals surface area (Å²) in [5, 5.41) is 0. The minimum Gasteiger partial charge on any atom is -0.461 e. The zero-order valence-corrected chi connectivity index (χ0v) is 25.7. The molecule has 0 aromatic carbocycles. The van der Waals surface area contributed by atoms with Gasteiger partial charge in [-0.15, -0.1) is 0 Å². The monoisotopic (exact) mass is 555 g/mol. The molecule has 6 nitrogen and oxygen atoms in total. The summed E-state index contributed by atoms with van der Waals surface area (Å²) in [6.45, 7) is 18.1. The molecule has 0 N–H and O–H groups in total. The van der Waals surface area contributed by atoms with Crippen molar-refractivity contribution in [1.29, 1.82) is 0 Å². The predicted octanol–water partition coefficient (Wildman–Crippen LogP) is 5.74. The van der Waals surface area contributed by atoms with Crippen LogP contribution in [0.15, 0.2) is 12.7 Å². The molecule has 0 radical (unpaired) electrons. The summed E-state index contributed by atoms with van der Waals surface area (Å²) in [5.41, 5.74) is 0.337. The number of nitrogens with zero attached hydrogens (tertiary/aromatic N) is 2. The number of hydrogen-bond donors (Lipinski definition) is 0. The van der Waals surface area contributed by atoms with E-state index in [0.717, 1.165) is 43.4 Å². The van der Waals surface area contributed by atoms with E-state index in [1.807, 2.05) is 0 Å². The largest absolute Gasteiger partial charge is 0.461 e. The fourth-order valence-electron chi connectivity index (χ4n) is 11.8. The van der Waals surface area contributed by atoms with Crippen molar-refractivity contribution in [3.63, 3.8) is 0 Å². The summed E-state index contributed by atoms with van der Waals surface area (Å²) in [4.78, 5) is 27.3. The number of esters is 2. The van der Waals surface area contributed by atoms with Crippen LogP contribution in [0, 0.1) is 34.5 Å². The van der Waals surface area contributed by atoms with E-state index in [1.54, 1.807) is 13.8 Å². The van der Waals surface area contributed by atoms with Crippen LogP contribution in [0.25, 0.3) is 0 Å². The van der Waals surface area contributed by atoms with E-state index in [9.17, 15) is 9.59 Å². The fraction of sp³-hybridized carbons (Fsp3) is 0.882. The Hall–Kier alpha value is -1.40. The average molecular weight is 556 g/mol. The third kappa shape index (κ3) is 4.58. The number of likely N-dealkylation sites (tertiary alicyclic amines) is 2. The van der Waals surface area contributed by atoms with Crippen LogP contribution in [-0.2, 0) is 19.1 Å². The Morgan fingerprint density at radius 1 is 0.925 bits per heavy atom. The van der Waals surface area contributed by atoms with Gasteiger partial charge in [-0.2, -0.15) is 0 Å². The van der Waals surface area contributed by atoms with E-state index < -0.39 is 0 Å². The van der Waals surface area contributed by atoms with Gasteiger partial charge in [-0.25, -0.2) is 0 Å². The first kappa shape index (κ1) is 28.7. The Kier molecular flexibility index (Phi) is 7.68. The minimum absolute atomic E-state index is 0.0107. The fourth-order valence-corrected chi connectivity index (χ4v) is 11.8. The molecule has 0 aromatic heterocycles. The Morgan fingerprint density at radius 2 is 1.62 bits per heavy atom. The number of rotatable bonds is 6. The Morgan fingerprint density at radius 3 is 2.27 bits per heavy atom. The molecule has 4 aliphatic carbocycles. The number of carbonyl (C=O) groups is 2. The molecule has 6 fully saturated rings. The first-order valence-electron chi connectivity index (χ1n) is 16.7. The molecule has 224 valence electrons. The van der Waals surface area contributed by atoms with Gasteiger partial charge in [-0.3, -0.25) is 14.5 Å². The predicted molar refractivity (Wildman–Crippen MR) is 156 cm³/mol. The normalized spacial score (nSPS) is 46.2. The molecule has 4 unspecified atom stereocenters. The van der Waals surface area contributed by atoms with Gasteiger partial charge < -0.3 is 14.0 Å². The van der Waals surface area contributed by atoms with Crippen LogP contribution >= 0.6 is 0 Å². The van der Waals surface area contributed by atoms with E-state index in [1.165, 1.54) is 64.5 Å². The quantitative estimate of drug-likeness (QED) is 0.238. The van der Waals surface area contributed by atoms with Crippen LogP contribution in [0.4, 0.5) is 0 Å². The smallest absolute Gasteiger partial charge is 0.303 e. The SMILES string of the molecule is C=CC[N+]1([C@H]2CC3C4CCC5C[C@H](OC(C)=O)[C@@H](N6CCCC6)C[C@]5(C)C4CC[C@]3(C)[C@H]2OC(C)=O)CCCC1. The van der Waals surface area contributed by atoms with E-state index in [2.05, 4.69) is 31.4 Å². The number of fused-ring (bicyclic) bond motifs is 5. The first-order valence-corrected chi connectivity index (χ1v) is 16.7. The van der Waals surface area contributed by atoms with Crippen molar-refractivity contribution in [3.05, 3.63) is 12.7 Å². The summed E-state index contributed by atoms with van der Waals surface area (Å²) in [7, 11) is 0. The van der Waals surface area contributed by atoms with Crippen LogP contribution in [0.5, 0.6) is 0 Å². The van der Waals surface area contributed by atoms with Crippen molar-refractivity contribution >= 4 is 11.9 Å². The Balaban J connectivity index is 1.31. The van der Waals surface area contributed by atoms with Crippen LogP contribution in [0.1, 0.15) is 98.3 Å². The molecule has 40 heavy (non-hydrogen) atoms. The van der Waals surface area contributed by atoms with Gasteiger partial charge in [0.1, 0.15) is 12.1 Å². The summed E-state index contributed by atoms with van der Waals surface area (Å²) in [6.07, 6.45) is 15.5. The van der Waals surface area contributed by atoms with Crippen molar-refractivity contribution in [2.75, 3.05) is 32.7 Å². The lowest BCUT2D eigenvalue weighted by atomic mass is 9.44. The molecule has 0 aromatic rings. The van der Waals surface area contributed by atoms with Crippen molar-refractivity contribution in [2.24, 2.45) is 34.5 Å². The molecule has 6 heteroatoms. The summed E-state index contributed by atoms with van der Waals surface area (Å²) >= 11 is 0. The molecule has 0 spiro atoms. The summed E-state index contributed by atoms with van der Waals surface area (Å²) in [5.74, 6) is 2.40. The van der Waals surface area contributed by atoms with Crippen molar-refractivity contribution < 1.29 is 23.5 Å². The zero-order valence-electron chi connectivity index (χ0n) is 25.7. The second-order valence-corrected chi connectivity index (χ2v) is 15.3.